The van der Waals surface area contributed by atoms with Crippen molar-refractivity contribution in [1.82, 2.24) is 0 Å². The van der Waals surface area contributed by atoms with Gasteiger partial charge in [0.25, 0.3) is 5.91 Å². The van der Waals surface area contributed by atoms with Crippen LogP contribution >= 0.6 is 27.3 Å². The summed E-state index contributed by atoms with van der Waals surface area (Å²) in [6, 6.07) is 7.13. The van der Waals surface area contributed by atoms with Crippen LogP contribution in [0.25, 0.3) is 0 Å². The van der Waals surface area contributed by atoms with Gasteiger partial charge in [0.1, 0.15) is 5.00 Å². The fourth-order valence-corrected chi connectivity index (χ4v) is 4.06. The average Bonchev–Trinajstić information content (AvgIpc) is 2.83. The number of benzene rings is 1. The van der Waals surface area contributed by atoms with Crippen LogP contribution in [-0.2, 0) is 11.2 Å². The molecular weight excluding hydrogens is 390 g/mol. The molecule has 0 saturated carbocycles. The minimum absolute atomic E-state index is 0.244. The first-order chi connectivity index (χ1) is 11.5. The van der Waals surface area contributed by atoms with Gasteiger partial charge in [0.2, 0.25) is 0 Å². The van der Waals surface area contributed by atoms with E-state index in [-0.39, 0.29) is 5.91 Å². The third-order valence-electron chi connectivity index (χ3n) is 3.52. The number of anilines is 1. The number of rotatable bonds is 6. The van der Waals surface area contributed by atoms with E-state index in [1.165, 1.54) is 11.3 Å². The van der Waals surface area contributed by atoms with Crippen molar-refractivity contribution < 1.29 is 14.3 Å². The predicted octanol–water partition coefficient (Wildman–Crippen LogP) is 5.20. The second kappa shape index (κ2) is 8.44. The Morgan fingerprint density at radius 3 is 2.67 bits per heavy atom. The van der Waals surface area contributed by atoms with E-state index in [1.807, 2.05) is 13.0 Å². The zero-order valence-electron chi connectivity index (χ0n) is 13.9. The van der Waals surface area contributed by atoms with Crippen molar-refractivity contribution in [2.45, 2.75) is 33.6 Å². The molecule has 2 aromatic rings. The molecule has 0 fully saturated rings. The van der Waals surface area contributed by atoms with Crippen LogP contribution in [0.2, 0.25) is 0 Å². The van der Waals surface area contributed by atoms with E-state index in [0.29, 0.717) is 22.7 Å². The van der Waals surface area contributed by atoms with E-state index in [2.05, 4.69) is 28.2 Å². The third kappa shape index (κ3) is 4.24. The van der Waals surface area contributed by atoms with E-state index in [9.17, 15) is 9.59 Å². The highest BCUT2D eigenvalue weighted by atomic mass is 79.9. The molecule has 0 aliphatic rings. The SMILES string of the molecule is CCCc1sc(NC(=O)c2cccc(Br)c2)c(C(=O)OCC)c1C. The number of halogens is 1. The topological polar surface area (TPSA) is 55.4 Å². The van der Waals surface area contributed by atoms with Crippen molar-refractivity contribution in [2.24, 2.45) is 0 Å². The van der Waals surface area contributed by atoms with Crippen LogP contribution in [0.3, 0.4) is 0 Å². The summed E-state index contributed by atoms with van der Waals surface area (Å²) in [5.74, 6) is -0.635. The normalized spacial score (nSPS) is 10.5. The lowest BCUT2D eigenvalue weighted by atomic mass is 10.1. The zero-order chi connectivity index (χ0) is 17.7. The summed E-state index contributed by atoms with van der Waals surface area (Å²) in [6.07, 6.45) is 1.85. The molecule has 0 radical (unpaired) electrons. The van der Waals surface area contributed by atoms with Gasteiger partial charge in [-0.05, 0) is 44.0 Å². The second-order valence-corrected chi connectivity index (χ2v) is 7.31. The van der Waals surface area contributed by atoms with Crippen LogP contribution in [0.15, 0.2) is 28.7 Å². The Morgan fingerprint density at radius 1 is 1.29 bits per heavy atom. The lowest BCUT2D eigenvalue weighted by molar-refractivity contribution is 0.0527. The van der Waals surface area contributed by atoms with Gasteiger partial charge in [-0.2, -0.15) is 0 Å². The quantitative estimate of drug-likeness (QED) is 0.666. The Balaban J connectivity index is 2.35. The monoisotopic (exact) mass is 409 g/mol. The summed E-state index contributed by atoms with van der Waals surface area (Å²) >= 11 is 4.81. The van der Waals surface area contributed by atoms with Gasteiger partial charge in [-0.1, -0.05) is 35.3 Å². The number of carbonyl (C=O) groups excluding carboxylic acids is 2. The van der Waals surface area contributed by atoms with Crippen LogP contribution < -0.4 is 5.32 Å². The highest BCUT2D eigenvalue weighted by Gasteiger charge is 2.23. The molecule has 0 atom stereocenters. The first kappa shape index (κ1) is 18.7. The summed E-state index contributed by atoms with van der Waals surface area (Å²) in [5, 5.41) is 3.43. The molecule has 0 spiro atoms. The number of thiophene rings is 1. The van der Waals surface area contributed by atoms with Crippen molar-refractivity contribution in [3.63, 3.8) is 0 Å². The number of carbonyl (C=O) groups is 2. The van der Waals surface area contributed by atoms with Crippen LogP contribution in [0, 0.1) is 6.92 Å². The molecule has 24 heavy (non-hydrogen) atoms. The molecular formula is C18H20BrNO3S. The molecule has 6 heteroatoms. The van der Waals surface area contributed by atoms with Gasteiger partial charge >= 0.3 is 5.97 Å². The Morgan fingerprint density at radius 2 is 2.04 bits per heavy atom. The Labute approximate surface area is 154 Å². The first-order valence-corrected chi connectivity index (χ1v) is 9.45. The Kier molecular flexibility index (Phi) is 6.57. The molecule has 1 N–H and O–H groups in total. The van der Waals surface area contributed by atoms with Crippen molar-refractivity contribution in [1.29, 1.82) is 0 Å². The number of aryl methyl sites for hydroxylation is 1. The molecule has 1 aromatic carbocycles. The van der Waals surface area contributed by atoms with E-state index in [1.54, 1.807) is 25.1 Å². The summed E-state index contributed by atoms with van der Waals surface area (Å²) in [5.41, 5.74) is 1.89. The molecule has 4 nitrogen and oxygen atoms in total. The molecule has 1 amide bonds. The van der Waals surface area contributed by atoms with Gasteiger partial charge in [0, 0.05) is 14.9 Å². The van der Waals surface area contributed by atoms with Crippen molar-refractivity contribution in [2.75, 3.05) is 11.9 Å². The summed E-state index contributed by atoms with van der Waals surface area (Å²) in [7, 11) is 0. The number of esters is 1. The van der Waals surface area contributed by atoms with Gasteiger partial charge in [0.05, 0.1) is 12.2 Å². The molecule has 128 valence electrons. The largest absolute Gasteiger partial charge is 0.462 e. The van der Waals surface area contributed by atoms with Gasteiger partial charge < -0.3 is 10.1 Å². The molecule has 0 aliphatic carbocycles. The number of nitrogens with one attached hydrogen (secondary N) is 1. The van der Waals surface area contributed by atoms with E-state index < -0.39 is 5.97 Å². The van der Waals surface area contributed by atoms with Gasteiger partial charge in [0.15, 0.2) is 0 Å². The maximum Gasteiger partial charge on any atom is 0.341 e. The number of ether oxygens (including phenoxy) is 1. The summed E-state index contributed by atoms with van der Waals surface area (Å²) in [4.78, 5) is 25.9. The minimum atomic E-state index is -0.391. The number of amides is 1. The van der Waals surface area contributed by atoms with E-state index in [4.69, 9.17) is 4.74 Å². The van der Waals surface area contributed by atoms with E-state index in [0.717, 1.165) is 27.8 Å². The highest BCUT2D eigenvalue weighted by molar-refractivity contribution is 9.10. The number of hydrogen-bond donors (Lipinski definition) is 1. The molecule has 2 rings (SSSR count). The van der Waals surface area contributed by atoms with Gasteiger partial charge in [-0.25, -0.2) is 4.79 Å². The van der Waals surface area contributed by atoms with Crippen molar-refractivity contribution >= 4 is 44.1 Å². The van der Waals surface area contributed by atoms with Crippen molar-refractivity contribution in [3.05, 3.63) is 50.3 Å². The van der Waals surface area contributed by atoms with Gasteiger partial charge in [-0.3, -0.25) is 4.79 Å². The second-order valence-electron chi connectivity index (χ2n) is 5.29. The maximum atomic E-state index is 12.5. The Hall–Kier alpha value is -1.66. The standard InChI is InChI=1S/C18H20BrNO3S/c1-4-7-14-11(3)15(18(22)23-5-2)17(24-14)20-16(21)12-8-6-9-13(19)10-12/h6,8-10H,4-5,7H2,1-3H3,(H,20,21). The third-order valence-corrected chi connectivity index (χ3v) is 5.28. The summed E-state index contributed by atoms with van der Waals surface area (Å²) in [6.45, 7) is 6.06. The average molecular weight is 410 g/mol. The maximum absolute atomic E-state index is 12.5. The molecule has 0 saturated heterocycles. The molecule has 0 bridgehead atoms. The first-order valence-electron chi connectivity index (χ1n) is 7.84. The fraction of sp³-hybridized carbons (Fsp3) is 0.333. The molecule has 0 aliphatic heterocycles. The molecule has 1 heterocycles. The van der Waals surface area contributed by atoms with Crippen molar-refractivity contribution in [3.8, 4) is 0 Å². The predicted molar refractivity (Wildman–Crippen MR) is 101 cm³/mol. The van der Waals surface area contributed by atoms with Crippen LogP contribution in [0.5, 0.6) is 0 Å². The zero-order valence-corrected chi connectivity index (χ0v) is 16.3. The smallest absolute Gasteiger partial charge is 0.341 e. The van der Waals surface area contributed by atoms with Crippen LogP contribution in [0.4, 0.5) is 5.00 Å². The lowest BCUT2D eigenvalue weighted by Crippen LogP contribution is -2.14. The fourth-order valence-electron chi connectivity index (χ4n) is 2.37. The Bertz CT molecular complexity index is 755. The van der Waals surface area contributed by atoms with Gasteiger partial charge in [-0.15, -0.1) is 11.3 Å². The van der Waals surface area contributed by atoms with Crippen LogP contribution in [0.1, 0.15) is 51.4 Å². The molecule has 1 aromatic heterocycles. The minimum Gasteiger partial charge on any atom is -0.462 e. The number of hydrogen-bond acceptors (Lipinski definition) is 4. The van der Waals surface area contributed by atoms with E-state index >= 15 is 0 Å². The summed E-state index contributed by atoms with van der Waals surface area (Å²) < 4.78 is 5.98. The van der Waals surface area contributed by atoms with Crippen LogP contribution in [-0.4, -0.2) is 18.5 Å². The lowest BCUT2D eigenvalue weighted by Gasteiger charge is -2.07. The highest BCUT2D eigenvalue weighted by Crippen LogP contribution is 2.35. The molecule has 0 unspecified atom stereocenters.